The van der Waals surface area contributed by atoms with E-state index in [0.29, 0.717) is 5.92 Å². The fourth-order valence-electron chi connectivity index (χ4n) is 4.39. The van der Waals surface area contributed by atoms with E-state index in [9.17, 15) is 0 Å². The average molecular weight is 384 g/mol. The number of ether oxygens (including phenoxy) is 1. The lowest BCUT2D eigenvalue weighted by molar-refractivity contribution is 0.0326. The van der Waals surface area contributed by atoms with Gasteiger partial charge < -0.3 is 14.2 Å². The summed E-state index contributed by atoms with van der Waals surface area (Å²) in [6, 6.07) is 10.8. The maximum absolute atomic E-state index is 5.44. The van der Waals surface area contributed by atoms with Crippen LogP contribution in [0.4, 0.5) is 0 Å². The Bertz CT molecular complexity index is 718. The minimum absolute atomic E-state index is 0.543. The highest BCUT2D eigenvalue weighted by Crippen LogP contribution is 2.27. The van der Waals surface area contributed by atoms with Crippen molar-refractivity contribution in [2.75, 3.05) is 45.9 Å². The number of morpholine rings is 1. The lowest BCUT2D eigenvalue weighted by atomic mass is 9.95. The number of benzene rings is 1. The van der Waals surface area contributed by atoms with Crippen molar-refractivity contribution in [3.63, 3.8) is 0 Å². The smallest absolute Gasteiger partial charge is 0.146 e. The fourth-order valence-corrected chi connectivity index (χ4v) is 4.39. The van der Waals surface area contributed by atoms with Crippen molar-refractivity contribution < 1.29 is 4.74 Å². The normalized spacial score (nSPS) is 19.9. The molecule has 3 heterocycles. The Balaban J connectivity index is 1.23. The zero-order valence-corrected chi connectivity index (χ0v) is 17.1. The molecule has 0 aliphatic carbocycles. The molecular formula is C22H33N5O. The molecule has 6 heteroatoms. The summed E-state index contributed by atoms with van der Waals surface area (Å²) in [4.78, 5) is 5.02. The molecule has 2 aliphatic rings. The summed E-state index contributed by atoms with van der Waals surface area (Å²) in [6.45, 7) is 8.05. The highest BCUT2D eigenvalue weighted by molar-refractivity contribution is 5.14. The van der Waals surface area contributed by atoms with E-state index in [1.807, 2.05) is 0 Å². The van der Waals surface area contributed by atoms with Crippen molar-refractivity contribution in [2.45, 2.75) is 38.1 Å². The van der Waals surface area contributed by atoms with Crippen molar-refractivity contribution in [2.24, 2.45) is 7.05 Å². The molecule has 0 unspecified atom stereocenters. The molecule has 0 N–H and O–H groups in total. The third kappa shape index (κ3) is 4.99. The second-order valence-electron chi connectivity index (χ2n) is 8.13. The van der Waals surface area contributed by atoms with Gasteiger partial charge in [-0.1, -0.05) is 30.3 Å². The van der Waals surface area contributed by atoms with Crippen molar-refractivity contribution in [1.29, 1.82) is 0 Å². The van der Waals surface area contributed by atoms with Crippen LogP contribution >= 0.6 is 0 Å². The number of hydrogen-bond donors (Lipinski definition) is 0. The topological polar surface area (TPSA) is 46.4 Å². The monoisotopic (exact) mass is 383 g/mol. The van der Waals surface area contributed by atoms with E-state index in [2.05, 4.69) is 61.9 Å². The third-order valence-electron chi connectivity index (χ3n) is 6.20. The van der Waals surface area contributed by atoms with Gasteiger partial charge in [0.25, 0.3) is 0 Å². The molecule has 0 spiro atoms. The Hall–Kier alpha value is -1.76. The molecule has 0 saturated carbocycles. The van der Waals surface area contributed by atoms with Crippen molar-refractivity contribution in [1.82, 2.24) is 24.6 Å². The minimum atomic E-state index is 0.543. The van der Waals surface area contributed by atoms with Crippen molar-refractivity contribution >= 4 is 0 Å². The summed E-state index contributed by atoms with van der Waals surface area (Å²) in [7, 11) is 2.14. The first-order chi connectivity index (χ1) is 13.8. The second kappa shape index (κ2) is 9.63. The first-order valence-electron chi connectivity index (χ1n) is 10.7. The summed E-state index contributed by atoms with van der Waals surface area (Å²) in [6.07, 6.45) is 4.79. The van der Waals surface area contributed by atoms with E-state index in [1.165, 1.54) is 56.7 Å². The quantitative estimate of drug-likeness (QED) is 0.735. The van der Waals surface area contributed by atoms with Gasteiger partial charge >= 0.3 is 0 Å². The fraction of sp³-hybridized carbons (Fsp3) is 0.636. The summed E-state index contributed by atoms with van der Waals surface area (Å²) in [5.74, 6) is 2.80. The van der Waals surface area contributed by atoms with Crippen LogP contribution in [0.3, 0.4) is 0 Å². The van der Waals surface area contributed by atoms with E-state index in [-0.39, 0.29) is 0 Å². The van der Waals surface area contributed by atoms with Crippen LogP contribution in [0.2, 0.25) is 0 Å². The molecule has 1 aromatic heterocycles. The van der Waals surface area contributed by atoms with Gasteiger partial charge in [-0.05, 0) is 50.9 Å². The Morgan fingerprint density at radius 3 is 2.46 bits per heavy atom. The molecule has 2 fully saturated rings. The van der Waals surface area contributed by atoms with Crippen molar-refractivity contribution in [3.05, 3.63) is 47.5 Å². The van der Waals surface area contributed by atoms with Crippen LogP contribution in [-0.2, 0) is 24.8 Å². The molecule has 2 aliphatic heterocycles. The van der Waals surface area contributed by atoms with Gasteiger partial charge in [-0.3, -0.25) is 4.90 Å². The molecule has 0 radical (unpaired) electrons. The number of nitrogens with zero attached hydrogens (tertiary/aromatic N) is 5. The zero-order valence-electron chi connectivity index (χ0n) is 17.1. The summed E-state index contributed by atoms with van der Waals surface area (Å²) in [5.41, 5.74) is 1.45. The van der Waals surface area contributed by atoms with Gasteiger partial charge in [-0.15, -0.1) is 10.2 Å². The van der Waals surface area contributed by atoms with Crippen LogP contribution in [-0.4, -0.2) is 70.5 Å². The van der Waals surface area contributed by atoms with Gasteiger partial charge in [0.1, 0.15) is 11.6 Å². The predicted molar refractivity (Wildman–Crippen MR) is 110 cm³/mol. The van der Waals surface area contributed by atoms with Crippen LogP contribution in [0, 0.1) is 0 Å². The Labute approximate surface area is 168 Å². The minimum Gasteiger partial charge on any atom is -0.379 e. The second-order valence-corrected chi connectivity index (χ2v) is 8.13. The first kappa shape index (κ1) is 19.6. The third-order valence-corrected chi connectivity index (χ3v) is 6.20. The van der Waals surface area contributed by atoms with Crippen LogP contribution in [0.25, 0.3) is 0 Å². The number of likely N-dealkylation sites (tertiary alicyclic amines) is 1. The lowest BCUT2D eigenvalue weighted by Crippen LogP contribution is -2.36. The maximum Gasteiger partial charge on any atom is 0.146 e. The zero-order chi connectivity index (χ0) is 19.2. The van der Waals surface area contributed by atoms with Gasteiger partial charge in [0, 0.05) is 26.1 Å². The van der Waals surface area contributed by atoms with E-state index in [0.717, 1.165) is 38.7 Å². The van der Waals surface area contributed by atoms with Gasteiger partial charge in [0.2, 0.25) is 0 Å². The van der Waals surface area contributed by atoms with Crippen LogP contribution in [0.15, 0.2) is 30.3 Å². The summed E-state index contributed by atoms with van der Waals surface area (Å²) < 4.78 is 7.68. The number of hydrogen-bond acceptors (Lipinski definition) is 5. The Morgan fingerprint density at radius 2 is 1.71 bits per heavy atom. The number of aryl methyl sites for hydroxylation is 1. The summed E-state index contributed by atoms with van der Waals surface area (Å²) in [5, 5.41) is 9.07. The largest absolute Gasteiger partial charge is 0.379 e. The standard InChI is InChI=1S/C22H33N5O/c1-25-21(18-27-14-16-28-17-15-27)23-24-22(25)20-9-12-26(13-10-20)11-5-8-19-6-3-2-4-7-19/h2-4,6-7,20H,5,8-18H2,1H3. The maximum atomic E-state index is 5.44. The lowest BCUT2D eigenvalue weighted by Gasteiger charge is -2.31. The van der Waals surface area contributed by atoms with E-state index >= 15 is 0 Å². The average Bonchev–Trinajstić information content (AvgIpc) is 3.10. The molecule has 0 atom stereocenters. The van der Waals surface area contributed by atoms with Gasteiger partial charge in [-0.25, -0.2) is 0 Å². The Kier molecular flexibility index (Phi) is 6.73. The highest BCUT2D eigenvalue weighted by atomic mass is 16.5. The molecule has 0 bridgehead atoms. The molecule has 152 valence electrons. The number of aromatic nitrogens is 3. The van der Waals surface area contributed by atoms with Crippen LogP contribution < -0.4 is 0 Å². The van der Waals surface area contributed by atoms with Crippen molar-refractivity contribution in [3.8, 4) is 0 Å². The number of piperidine rings is 1. The molecule has 6 nitrogen and oxygen atoms in total. The van der Waals surface area contributed by atoms with Crippen LogP contribution in [0.1, 0.15) is 42.4 Å². The molecular weight excluding hydrogens is 350 g/mol. The highest BCUT2D eigenvalue weighted by Gasteiger charge is 2.25. The van der Waals surface area contributed by atoms with E-state index in [1.54, 1.807) is 0 Å². The van der Waals surface area contributed by atoms with E-state index in [4.69, 9.17) is 4.74 Å². The Morgan fingerprint density at radius 1 is 0.964 bits per heavy atom. The summed E-state index contributed by atoms with van der Waals surface area (Å²) >= 11 is 0. The molecule has 28 heavy (non-hydrogen) atoms. The van der Waals surface area contributed by atoms with Crippen LogP contribution in [0.5, 0.6) is 0 Å². The molecule has 0 amide bonds. The predicted octanol–water partition coefficient (Wildman–Crippen LogP) is 2.46. The molecule has 1 aromatic carbocycles. The number of rotatable bonds is 7. The SMILES string of the molecule is Cn1c(CN2CCOCC2)nnc1C1CCN(CCCc2ccccc2)CC1. The van der Waals surface area contributed by atoms with Gasteiger partial charge in [0.05, 0.1) is 19.8 Å². The molecule has 4 rings (SSSR count). The molecule has 2 saturated heterocycles. The van der Waals surface area contributed by atoms with E-state index < -0.39 is 0 Å². The molecule has 2 aromatic rings. The first-order valence-corrected chi connectivity index (χ1v) is 10.7. The van der Waals surface area contributed by atoms with Gasteiger partial charge in [-0.2, -0.15) is 0 Å². The van der Waals surface area contributed by atoms with Gasteiger partial charge in [0.15, 0.2) is 0 Å².